The summed E-state index contributed by atoms with van der Waals surface area (Å²) >= 11 is 0. The second-order valence-corrected chi connectivity index (χ2v) is 5.10. The molecule has 0 amide bonds. The van der Waals surface area contributed by atoms with Gasteiger partial charge in [-0.2, -0.15) is 5.26 Å². The van der Waals surface area contributed by atoms with Gasteiger partial charge in [0.25, 0.3) is 0 Å². The molecular formula is C12H15NO2S. The van der Waals surface area contributed by atoms with Gasteiger partial charge in [0.1, 0.15) is 5.75 Å². The highest BCUT2D eigenvalue weighted by Gasteiger charge is 2.16. The van der Waals surface area contributed by atoms with E-state index in [2.05, 4.69) is 6.07 Å². The molecule has 0 aliphatic carbocycles. The maximum atomic E-state index is 12.1. The zero-order valence-electron chi connectivity index (χ0n) is 9.47. The first-order chi connectivity index (χ1) is 7.72. The highest BCUT2D eigenvalue weighted by atomic mass is 32.2. The Morgan fingerprint density at radius 3 is 2.88 bits per heavy atom. The first kappa shape index (κ1) is 12.7. The molecule has 4 heteroatoms. The molecule has 0 saturated carbocycles. The number of rotatable bonds is 5. The van der Waals surface area contributed by atoms with E-state index >= 15 is 0 Å². The summed E-state index contributed by atoms with van der Waals surface area (Å²) < 4.78 is 17.2. The normalized spacial score (nSPS) is 13.8. The monoisotopic (exact) mass is 237 g/mol. The van der Waals surface area contributed by atoms with E-state index < -0.39 is 10.8 Å². The molecule has 0 aliphatic rings. The Kier molecular flexibility index (Phi) is 5.00. The number of hydrogen-bond donors (Lipinski definition) is 0. The van der Waals surface area contributed by atoms with E-state index in [4.69, 9.17) is 10.00 Å². The first-order valence-corrected chi connectivity index (χ1v) is 6.35. The lowest BCUT2D eigenvalue weighted by molar-refractivity contribution is 0.413. The predicted molar refractivity (Wildman–Crippen MR) is 63.7 cm³/mol. The van der Waals surface area contributed by atoms with E-state index in [0.717, 1.165) is 11.3 Å². The van der Waals surface area contributed by atoms with Crippen LogP contribution in [-0.2, 0) is 10.8 Å². The summed E-state index contributed by atoms with van der Waals surface area (Å²) in [4.78, 5) is 0.724. The average Bonchev–Trinajstić information content (AvgIpc) is 2.35. The van der Waals surface area contributed by atoms with Crippen LogP contribution in [0.15, 0.2) is 29.2 Å². The van der Waals surface area contributed by atoms with Crippen LogP contribution in [0.25, 0.3) is 0 Å². The van der Waals surface area contributed by atoms with Crippen LogP contribution in [0, 0.1) is 11.3 Å². The number of ether oxygens (including phenoxy) is 1. The Hall–Kier alpha value is -1.34. The summed E-state index contributed by atoms with van der Waals surface area (Å²) in [7, 11) is 0.443. The minimum absolute atomic E-state index is 0.0999. The molecule has 86 valence electrons. The smallest absolute Gasteiger partial charge is 0.120 e. The largest absolute Gasteiger partial charge is 0.497 e. The van der Waals surface area contributed by atoms with Gasteiger partial charge in [-0.15, -0.1) is 0 Å². The van der Waals surface area contributed by atoms with E-state index in [-0.39, 0.29) is 5.25 Å². The van der Waals surface area contributed by atoms with Gasteiger partial charge in [0.05, 0.1) is 29.2 Å². The lowest BCUT2D eigenvalue weighted by Crippen LogP contribution is -2.13. The van der Waals surface area contributed by atoms with E-state index in [1.807, 2.05) is 19.1 Å². The molecule has 2 unspecified atom stereocenters. The quantitative estimate of drug-likeness (QED) is 0.790. The van der Waals surface area contributed by atoms with Crippen LogP contribution < -0.4 is 4.74 Å². The Labute approximate surface area is 98.5 Å². The molecule has 0 fully saturated rings. The molecule has 0 heterocycles. The zero-order chi connectivity index (χ0) is 12.0. The minimum atomic E-state index is -1.14. The number of methoxy groups -OCH3 is 1. The summed E-state index contributed by atoms with van der Waals surface area (Å²) in [6.45, 7) is 1.94. The molecule has 16 heavy (non-hydrogen) atoms. The van der Waals surface area contributed by atoms with Crippen molar-refractivity contribution < 1.29 is 8.95 Å². The molecule has 0 aliphatic heterocycles. The van der Waals surface area contributed by atoms with Gasteiger partial charge in [-0.25, -0.2) is 0 Å². The van der Waals surface area contributed by atoms with Gasteiger partial charge in [0, 0.05) is 11.3 Å². The fraction of sp³-hybridized carbons (Fsp3) is 0.417. The van der Waals surface area contributed by atoms with Crippen molar-refractivity contribution in [3.05, 3.63) is 24.3 Å². The second kappa shape index (κ2) is 6.29. The summed E-state index contributed by atoms with van der Waals surface area (Å²) in [6.07, 6.45) is 1.05. The molecule has 0 spiro atoms. The van der Waals surface area contributed by atoms with Crippen molar-refractivity contribution in [3.63, 3.8) is 0 Å². The lowest BCUT2D eigenvalue weighted by atomic mass is 10.3. The second-order valence-electron chi connectivity index (χ2n) is 3.37. The van der Waals surface area contributed by atoms with Gasteiger partial charge in [0.15, 0.2) is 0 Å². The van der Waals surface area contributed by atoms with E-state index in [0.29, 0.717) is 12.2 Å². The fourth-order valence-corrected chi connectivity index (χ4v) is 2.75. The minimum Gasteiger partial charge on any atom is -0.497 e. The van der Waals surface area contributed by atoms with Crippen LogP contribution in [0.5, 0.6) is 5.75 Å². The maximum absolute atomic E-state index is 12.1. The Bertz CT molecular complexity index is 412. The van der Waals surface area contributed by atoms with Crippen molar-refractivity contribution in [1.29, 1.82) is 5.26 Å². The Balaban J connectivity index is 2.90. The molecule has 2 atom stereocenters. The van der Waals surface area contributed by atoms with E-state index in [1.54, 1.807) is 19.2 Å². The third kappa shape index (κ3) is 3.07. The Morgan fingerprint density at radius 2 is 2.31 bits per heavy atom. The van der Waals surface area contributed by atoms with Crippen LogP contribution in [0.1, 0.15) is 19.8 Å². The van der Waals surface area contributed by atoms with Gasteiger partial charge in [-0.05, 0) is 24.6 Å². The maximum Gasteiger partial charge on any atom is 0.120 e. The SMILES string of the molecule is CCC(CC#N)S(=O)c1cccc(OC)c1. The first-order valence-electron chi connectivity index (χ1n) is 5.14. The van der Waals surface area contributed by atoms with Crippen LogP contribution >= 0.6 is 0 Å². The molecule has 0 N–H and O–H groups in total. The standard InChI is InChI=1S/C12H15NO2S/c1-3-11(7-8-13)16(14)12-6-4-5-10(9-12)15-2/h4-6,9,11H,3,7H2,1-2H3. The number of benzene rings is 1. The summed E-state index contributed by atoms with van der Waals surface area (Å²) in [5.74, 6) is 0.692. The molecule has 3 nitrogen and oxygen atoms in total. The van der Waals surface area contributed by atoms with Crippen molar-refractivity contribution in [2.75, 3.05) is 7.11 Å². The lowest BCUT2D eigenvalue weighted by Gasteiger charge is -2.11. The highest BCUT2D eigenvalue weighted by Crippen LogP contribution is 2.20. The van der Waals surface area contributed by atoms with Crippen LogP contribution in [0.2, 0.25) is 0 Å². The number of nitriles is 1. The molecule has 0 saturated heterocycles. The van der Waals surface area contributed by atoms with E-state index in [9.17, 15) is 4.21 Å². The summed E-state index contributed by atoms with van der Waals surface area (Å²) in [6, 6.07) is 9.26. The highest BCUT2D eigenvalue weighted by molar-refractivity contribution is 7.85. The third-order valence-corrected chi connectivity index (χ3v) is 4.17. The molecule has 1 aromatic rings. The van der Waals surface area contributed by atoms with Crippen molar-refractivity contribution in [2.24, 2.45) is 0 Å². The van der Waals surface area contributed by atoms with Crippen molar-refractivity contribution >= 4 is 10.8 Å². The van der Waals surface area contributed by atoms with Crippen LogP contribution in [0.4, 0.5) is 0 Å². The third-order valence-electron chi connectivity index (χ3n) is 2.35. The van der Waals surface area contributed by atoms with Gasteiger partial charge < -0.3 is 4.74 Å². The summed E-state index contributed by atoms with van der Waals surface area (Å²) in [5, 5.41) is 8.56. The Morgan fingerprint density at radius 1 is 1.56 bits per heavy atom. The molecular weight excluding hydrogens is 222 g/mol. The fourth-order valence-electron chi connectivity index (χ4n) is 1.39. The van der Waals surface area contributed by atoms with Gasteiger partial charge in [-0.3, -0.25) is 4.21 Å². The van der Waals surface area contributed by atoms with Crippen molar-refractivity contribution in [3.8, 4) is 11.8 Å². The number of hydrogen-bond acceptors (Lipinski definition) is 3. The molecule has 1 aromatic carbocycles. The average molecular weight is 237 g/mol. The van der Waals surface area contributed by atoms with Crippen LogP contribution in [0.3, 0.4) is 0 Å². The molecule has 1 rings (SSSR count). The molecule has 0 radical (unpaired) electrons. The molecule has 0 aromatic heterocycles. The van der Waals surface area contributed by atoms with Gasteiger partial charge in [0.2, 0.25) is 0 Å². The summed E-state index contributed by atoms with van der Waals surface area (Å²) in [5.41, 5.74) is 0. The topological polar surface area (TPSA) is 50.1 Å². The van der Waals surface area contributed by atoms with Crippen molar-refractivity contribution in [1.82, 2.24) is 0 Å². The van der Waals surface area contributed by atoms with Crippen molar-refractivity contribution in [2.45, 2.75) is 29.9 Å². The van der Waals surface area contributed by atoms with E-state index in [1.165, 1.54) is 0 Å². The van der Waals surface area contributed by atoms with Gasteiger partial charge >= 0.3 is 0 Å². The van der Waals surface area contributed by atoms with Gasteiger partial charge in [-0.1, -0.05) is 13.0 Å². The molecule has 0 bridgehead atoms. The zero-order valence-corrected chi connectivity index (χ0v) is 10.3. The van der Waals surface area contributed by atoms with Crippen LogP contribution in [-0.4, -0.2) is 16.6 Å². The predicted octanol–water partition coefficient (Wildman–Crippen LogP) is 2.50. The number of nitrogens with zero attached hydrogens (tertiary/aromatic N) is 1.